The summed E-state index contributed by atoms with van der Waals surface area (Å²) in [4.78, 5) is 36.7. The zero-order chi connectivity index (χ0) is 28.6. The molecule has 208 valence electrons. The normalized spacial score (nSPS) is 11.7. The molecule has 1 aliphatic heterocycles. The molecule has 3 aromatic rings. The zero-order valence-electron chi connectivity index (χ0n) is 22.0. The van der Waals surface area contributed by atoms with Gasteiger partial charge in [-0.2, -0.15) is 5.10 Å². The van der Waals surface area contributed by atoms with Gasteiger partial charge in [-0.25, -0.2) is 5.43 Å². The third kappa shape index (κ3) is 7.40. The minimum Gasteiger partial charge on any atom is -0.493 e. The third-order valence-corrected chi connectivity index (χ3v) is 6.67. The summed E-state index contributed by atoms with van der Waals surface area (Å²) in [6.45, 7) is 4.04. The van der Waals surface area contributed by atoms with Gasteiger partial charge in [0, 0.05) is 12.2 Å². The number of hydrazone groups is 1. The van der Waals surface area contributed by atoms with E-state index in [0.29, 0.717) is 37.8 Å². The summed E-state index contributed by atoms with van der Waals surface area (Å²) < 4.78 is 22.4. The molecule has 0 fully saturated rings. The van der Waals surface area contributed by atoms with Crippen molar-refractivity contribution in [3.63, 3.8) is 0 Å². The molecule has 3 N–H and O–H groups in total. The molecule has 0 saturated carbocycles. The summed E-state index contributed by atoms with van der Waals surface area (Å²) in [5.74, 6) is -0.0958. The van der Waals surface area contributed by atoms with E-state index < -0.39 is 11.8 Å². The summed E-state index contributed by atoms with van der Waals surface area (Å²) in [6, 6.07) is 14.3. The Morgan fingerprint density at radius 2 is 1.80 bits per heavy atom. The molecule has 3 amide bonds. The average molecular weight is 658 g/mol. The second-order valence-electron chi connectivity index (χ2n) is 8.74. The van der Waals surface area contributed by atoms with E-state index >= 15 is 0 Å². The van der Waals surface area contributed by atoms with Crippen molar-refractivity contribution in [3.05, 3.63) is 74.4 Å². The van der Waals surface area contributed by atoms with Crippen molar-refractivity contribution < 1.29 is 33.3 Å². The minimum absolute atomic E-state index is 0.131. The second-order valence-corrected chi connectivity index (χ2v) is 9.90. The number of ether oxygens (including phenoxy) is 4. The van der Waals surface area contributed by atoms with Crippen LogP contribution in [0.1, 0.15) is 22.3 Å². The van der Waals surface area contributed by atoms with Gasteiger partial charge in [-0.1, -0.05) is 12.1 Å². The maximum atomic E-state index is 12.4. The lowest BCUT2D eigenvalue weighted by Crippen LogP contribution is -2.37. The van der Waals surface area contributed by atoms with Crippen LogP contribution >= 0.6 is 22.6 Å². The Morgan fingerprint density at radius 3 is 2.58 bits per heavy atom. The van der Waals surface area contributed by atoms with E-state index in [-0.39, 0.29) is 25.9 Å². The maximum absolute atomic E-state index is 12.4. The molecule has 11 nitrogen and oxygen atoms in total. The summed E-state index contributed by atoms with van der Waals surface area (Å²) in [5.41, 5.74) is 6.43. The molecule has 0 spiro atoms. The lowest BCUT2D eigenvalue weighted by Gasteiger charge is -2.14. The number of amides is 3. The van der Waals surface area contributed by atoms with Crippen LogP contribution in [0.4, 0.5) is 5.69 Å². The number of aryl methyl sites for hydroxylation is 2. The van der Waals surface area contributed by atoms with Gasteiger partial charge in [-0.3, -0.25) is 14.4 Å². The van der Waals surface area contributed by atoms with Gasteiger partial charge in [0.15, 0.2) is 29.6 Å². The Morgan fingerprint density at radius 1 is 1.00 bits per heavy atom. The molecule has 12 heteroatoms. The molecule has 1 aliphatic rings. The Labute approximate surface area is 244 Å². The number of rotatable bonds is 9. The first-order valence-electron chi connectivity index (χ1n) is 12.1. The van der Waals surface area contributed by atoms with E-state index in [1.165, 1.54) is 13.3 Å². The zero-order valence-corrected chi connectivity index (χ0v) is 24.2. The molecule has 0 unspecified atom stereocenters. The van der Waals surface area contributed by atoms with Gasteiger partial charge in [0.25, 0.3) is 5.91 Å². The molecule has 3 aromatic carbocycles. The van der Waals surface area contributed by atoms with Gasteiger partial charge in [0.05, 0.1) is 16.9 Å². The molecule has 0 bridgehead atoms. The van der Waals surface area contributed by atoms with Gasteiger partial charge >= 0.3 is 11.8 Å². The van der Waals surface area contributed by atoms with Gasteiger partial charge in [-0.15, -0.1) is 0 Å². The molecular formula is C28H27IN4O7. The minimum atomic E-state index is -0.923. The topological polar surface area (TPSA) is 137 Å². The van der Waals surface area contributed by atoms with Crippen LogP contribution in [-0.4, -0.2) is 44.4 Å². The molecule has 0 radical (unpaired) electrons. The lowest BCUT2D eigenvalue weighted by atomic mass is 10.1. The van der Waals surface area contributed by atoms with Crippen molar-refractivity contribution in [2.45, 2.75) is 20.4 Å². The molecular weight excluding hydrogens is 631 g/mol. The lowest BCUT2D eigenvalue weighted by molar-refractivity contribution is -0.139. The van der Waals surface area contributed by atoms with Gasteiger partial charge in [0.2, 0.25) is 6.79 Å². The number of nitrogens with zero attached hydrogens (tertiary/aromatic N) is 1. The molecule has 0 atom stereocenters. The fraction of sp³-hybridized carbons (Fsp3) is 0.214. The van der Waals surface area contributed by atoms with Crippen molar-refractivity contribution in [2.24, 2.45) is 5.10 Å². The number of halogens is 1. The van der Waals surface area contributed by atoms with Crippen LogP contribution in [0.15, 0.2) is 53.6 Å². The number of anilines is 1. The van der Waals surface area contributed by atoms with Crippen LogP contribution in [0, 0.1) is 17.4 Å². The number of nitrogens with one attached hydrogen (secondary N) is 3. The summed E-state index contributed by atoms with van der Waals surface area (Å²) in [7, 11) is 1.47. The highest BCUT2D eigenvalue weighted by Gasteiger charge is 2.16. The first kappa shape index (κ1) is 28.7. The number of benzene rings is 3. The van der Waals surface area contributed by atoms with Crippen molar-refractivity contribution in [3.8, 4) is 23.0 Å². The number of methoxy groups -OCH3 is 1. The van der Waals surface area contributed by atoms with Crippen molar-refractivity contribution in [2.75, 3.05) is 25.8 Å². The van der Waals surface area contributed by atoms with Crippen LogP contribution in [0.25, 0.3) is 0 Å². The first-order valence-corrected chi connectivity index (χ1v) is 13.2. The number of fused-ring (bicyclic) bond motifs is 1. The van der Waals surface area contributed by atoms with E-state index in [2.05, 4.69) is 21.2 Å². The summed E-state index contributed by atoms with van der Waals surface area (Å²) in [6.07, 6.45) is 1.36. The monoisotopic (exact) mass is 658 g/mol. The Kier molecular flexibility index (Phi) is 9.43. The smallest absolute Gasteiger partial charge is 0.329 e. The van der Waals surface area contributed by atoms with Crippen LogP contribution in [-0.2, 0) is 20.9 Å². The van der Waals surface area contributed by atoms with Gasteiger partial charge in [0.1, 0.15) is 0 Å². The van der Waals surface area contributed by atoms with Crippen LogP contribution in [0.2, 0.25) is 0 Å². The van der Waals surface area contributed by atoms with E-state index in [4.69, 9.17) is 18.9 Å². The standard InChI is InChI=1S/C28H27IN4O7/c1-16-4-6-20(8-17(16)2)32-25(34)14-38-26-21(29)9-19(11-24(26)37-3)13-31-33-28(36)27(35)30-12-18-5-7-22-23(10-18)40-15-39-22/h4-11,13H,12,14-15H2,1-3H3,(H,30,35)(H,32,34)(H,33,36)/b31-13-. The fourth-order valence-electron chi connectivity index (χ4n) is 3.64. The quantitative estimate of drug-likeness (QED) is 0.139. The van der Waals surface area contributed by atoms with Crippen molar-refractivity contribution in [1.29, 1.82) is 0 Å². The number of carbonyl (C=O) groups is 3. The highest BCUT2D eigenvalue weighted by atomic mass is 127. The summed E-state index contributed by atoms with van der Waals surface area (Å²) in [5, 5.41) is 9.20. The van der Waals surface area contributed by atoms with E-state index in [9.17, 15) is 14.4 Å². The first-order chi connectivity index (χ1) is 19.2. The predicted octanol–water partition coefficient (Wildman–Crippen LogP) is 3.43. The van der Waals surface area contributed by atoms with Crippen LogP contribution in [0.3, 0.4) is 0 Å². The predicted molar refractivity (Wildman–Crippen MR) is 156 cm³/mol. The molecule has 4 rings (SSSR count). The fourth-order valence-corrected chi connectivity index (χ4v) is 4.42. The Balaban J connectivity index is 1.28. The maximum Gasteiger partial charge on any atom is 0.329 e. The second kappa shape index (κ2) is 13.2. The van der Waals surface area contributed by atoms with Gasteiger partial charge < -0.3 is 29.6 Å². The molecule has 1 heterocycles. The molecule has 0 saturated heterocycles. The van der Waals surface area contributed by atoms with Crippen LogP contribution < -0.4 is 35.0 Å². The third-order valence-electron chi connectivity index (χ3n) is 5.87. The number of hydrogen-bond donors (Lipinski definition) is 3. The summed E-state index contributed by atoms with van der Waals surface area (Å²) >= 11 is 2.05. The van der Waals surface area contributed by atoms with E-state index in [0.717, 1.165) is 16.7 Å². The average Bonchev–Trinajstić information content (AvgIpc) is 3.41. The molecule has 0 aromatic heterocycles. The highest BCUT2D eigenvalue weighted by Crippen LogP contribution is 2.34. The highest BCUT2D eigenvalue weighted by molar-refractivity contribution is 14.1. The molecule has 40 heavy (non-hydrogen) atoms. The van der Waals surface area contributed by atoms with Gasteiger partial charge in [-0.05, 0) is 95.1 Å². The largest absolute Gasteiger partial charge is 0.493 e. The van der Waals surface area contributed by atoms with E-state index in [1.807, 2.05) is 54.6 Å². The molecule has 0 aliphatic carbocycles. The Bertz CT molecular complexity index is 1480. The SMILES string of the molecule is COc1cc(/C=N\NC(=O)C(=O)NCc2ccc3c(c2)OCO3)cc(I)c1OCC(=O)Nc1ccc(C)c(C)c1. The number of hydrogen-bond acceptors (Lipinski definition) is 8. The Hall–Kier alpha value is -4.33. The number of carbonyl (C=O) groups excluding carboxylic acids is 3. The van der Waals surface area contributed by atoms with Crippen molar-refractivity contribution in [1.82, 2.24) is 10.7 Å². The van der Waals surface area contributed by atoms with E-state index in [1.54, 1.807) is 30.3 Å². The van der Waals surface area contributed by atoms with Crippen LogP contribution in [0.5, 0.6) is 23.0 Å². The van der Waals surface area contributed by atoms with Crippen molar-refractivity contribution >= 4 is 52.2 Å².